The Morgan fingerprint density at radius 2 is 1.47 bits per heavy atom. The Labute approximate surface area is 293 Å². The highest BCUT2D eigenvalue weighted by Gasteiger charge is 2.62. The molecular formula is C43H56O6. The van der Waals surface area contributed by atoms with Crippen LogP contribution in [0.1, 0.15) is 120 Å². The second-order valence-electron chi connectivity index (χ2n) is 16.4. The SMILES string of the molecule is CC(=O)O[C@H]1C[C@H](OC(=O)c2ccccc2)CC2=CC[C@H]3[C@@H]4CC[C@H]([C@H](C)CC[C@@H](OC(=O)c5ccccc5)C(C)C)[C@@]4(C)CC[C@@H]3[C@]21C. The lowest BCUT2D eigenvalue weighted by Gasteiger charge is -2.60. The molecule has 0 spiro atoms. The molecule has 10 atom stereocenters. The van der Waals surface area contributed by atoms with E-state index in [1.54, 1.807) is 12.1 Å². The largest absolute Gasteiger partial charge is 0.461 e. The second kappa shape index (κ2) is 14.4. The molecule has 6 nitrogen and oxygen atoms in total. The van der Waals surface area contributed by atoms with Crippen LogP contribution in [0.25, 0.3) is 0 Å². The van der Waals surface area contributed by atoms with Gasteiger partial charge in [0.1, 0.15) is 18.3 Å². The van der Waals surface area contributed by atoms with E-state index >= 15 is 0 Å². The fourth-order valence-corrected chi connectivity index (χ4v) is 10.8. The Morgan fingerprint density at radius 3 is 2.10 bits per heavy atom. The maximum atomic E-state index is 13.0. The summed E-state index contributed by atoms with van der Waals surface area (Å²) in [5, 5.41) is 0. The van der Waals surface area contributed by atoms with Gasteiger partial charge in [-0.25, -0.2) is 9.59 Å². The molecule has 0 bridgehead atoms. The fourth-order valence-electron chi connectivity index (χ4n) is 10.8. The van der Waals surface area contributed by atoms with Crippen molar-refractivity contribution in [2.24, 2.45) is 46.3 Å². The average molecular weight is 669 g/mol. The van der Waals surface area contributed by atoms with Gasteiger partial charge in [0, 0.05) is 25.2 Å². The van der Waals surface area contributed by atoms with Crippen LogP contribution in [0.3, 0.4) is 0 Å². The second-order valence-corrected chi connectivity index (χ2v) is 16.4. The molecule has 0 radical (unpaired) electrons. The van der Waals surface area contributed by atoms with Gasteiger partial charge in [0.15, 0.2) is 0 Å². The van der Waals surface area contributed by atoms with Crippen molar-refractivity contribution < 1.29 is 28.6 Å². The minimum absolute atomic E-state index is 0.0990. The van der Waals surface area contributed by atoms with Crippen LogP contribution >= 0.6 is 0 Å². The van der Waals surface area contributed by atoms with Crippen LogP contribution < -0.4 is 0 Å². The summed E-state index contributed by atoms with van der Waals surface area (Å²) in [7, 11) is 0. The molecule has 6 heteroatoms. The molecule has 0 unspecified atom stereocenters. The van der Waals surface area contributed by atoms with Crippen LogP contribution in [0.5, 0.6) is 0 Å². The van der Waals surface area contributed by atoms with Gasteiger partial charge in [0.25, 0.3) is 0 Å². The quantitative estimate of drug-likeness (QED) is 0.143. The van der Waals surface area contributed by atoms with Gasteiger partial charge in [-0.2, -0.15) is 0 Å². The summed E-state index contributed by atoms with van der Waals surface area (Å²) in [5.41, 5.74) is 2.45. The highest BCUT2D eigenvalue weighted by molar-refractivity contribution is 5.90. The number of hydrogen-bond donors (Lipinski definition) is 0. The van der Waals surface area contributed by atoms with Crippen molar-refractivity contribution >= 4 is 17.9 Å². The van der Waals surface area contributed by atoms with Gasteiger partial charge < -0.3 is 14.2 Å². The molecule has 0 heterocycles. The molecule has 0 saturated heterocycles. The Kier molecular flexibility index (Phi) is 10.4. The Bertz CT molecular complexity index is 1520. The van der Waals surface area contributed by atoms with Crippen LogP contribution in [0.15, 0.2) is 72.3 Å². The van der Waals surface area contributed by atoms with Crippen molar-refractivity contribution in [1.29, 1.82) is 0 Å². The molecule has 2 aromatic carbocycles. The minimum atomic E-state index is -0.321. The lowest BCUT2D eigenvalue weighted by molar-refractivity contribution is -0.167. The van der Waals surface area contributed by atoms with E-state index in [-0.39, 0.29) is 53.0 Å². The van der Waals surface area contributed by atoms with Crippen molar-refractivity contribution in [2.75, 3.05) is 0 Å². The topological polar surface area (TPSA) is 78.9 Å². The standard InChI is InChI=1S/C43H56O6/c1-27(2)38(49-41(46)31-15-11-8-12-16-31)22-17-28(3)35-20-21-36-34-19-18-32-25-33(48-40(45)30-13-9-7-10-14-30)26-39(47-29(4)44)43(32,6)37(34)23-24-42(35,36)5/h7-16,18,27-28,33-39H,17,19-26H2,1-6H3/t28-,33-,34+,35-,36+,37+,38-,39+,42-,43+/m1/s1. The van der Waals surface area contributed by atoms with Gasteiger partial charge in [-0.05, 0) is 110 Å². The summed E-state index contributed by atoms with van der Waals surface area (Å²) in [4.78, 5) is 38.4. The number of allylic oxidation sites excluding steroid dienone is 1. The molecule has 0 N–H and O–H groups in total. The first kappa shape index (κ1) is 35.4. The molecule has 4 aliphatic rings. The van der Waals surface area contributed by atoms with E-state index in [0.717, 1.165) is 25.7 Å². The molecule has 0 aromatic heterocycles. The molecule has 0 amide bonds. The smallest absolute Gasteiger partial charge is 0.338 e. The zero-order valence-corrected chi connectivity index (χ0v) is 30.4. The summed E-state index contributed by atoms with van der Waals surface area (Å²) in [6.45, 7) is 13.1. The average Bonchev–Trinajstić information content (AvgIpc) is 3.44. The lowest BCUT2D eigenvalue weighted by atomic mass is 9.46. The Balaban J connectivity index is 1.15. The third-order valence-corrected chi connectivity index (χ3v) is 13.4. The third-order valence-electron chi connectivity index (χ3n) is 13.4. The number of fused-ring (bicyclic) bond motifs is 5. The highest BCUT2D eigenvalue weighted by atomic mass is 16.6. The van der Waals surface area contributed by atoms with Crippen molar-refractivity contribution in [2.45, 2.75) is 118 Å². The van der Waals surface area contributed by atoms with Gasteiger partial charge >= 0.3 is 17.9 Å². The van der Waals surface area contributed by atoms with E-state index in [0.29, 0.717) is 53.6 Å². The number of benzene rings is 2. The summed E-state index contributed by atoms with van der Waals surface area (Å²) < 4.78 is 18.2. The maximum Gasteiger partial charge on any atom is 0.338 e. The van der Waals surface area contributed by atoms with Gasteiger partial charge in [0.2, 0.25) is 0 Å². The van der Waals surface area contributed by atoms with Crippen LogP contribution in [0.4, 0.5) is 0 Å². The molecule has 49 heavy (non-hydrogen) atoms. The number of hydrogen-bond acceptors (Lipinski definition) is 6. The van der Waals surface area contributed by atoms with Crippen LogP contribution in [-0.4, -0.2) is 36.2 Å². The van der Waals surface area contributed by atoms with Gasteiger partial charge in [0.05, 0.1) is 11.1 Å². The first-order valence-electron chi connectivity index (χ1n) is 18.8. The normalized spacial score (nSPS) is 33.2. The molecular weight excluding hydrogens is 612 g/mol. The Hall–Kier alpha value is -3.41. The Morgan fingerprint density at radius 1 is 0.816 bits per heavy atom. The van der Waals surface area contributed by atoms with E-state index in [1.165, 1.54) is 31.8 Å². The zero-order chi connectivity index (χ0) is 34.9. The highest BCUT2D eigenvalue weighted by Crippen LogP contribution is 2.67. The first-order valence-corrected chi connectivity index (χ1v) is 18.8. The van der Waals surface area contributed by atoms with Gasteiger partial charge in [-0.15, -0.1) is 0 Å². The fraction of sp³-hybridized carbons (Fsp3) is 0.605. The van der Waals surface area contributed by atoms with E-state index in [1.807, 2.05) is 48.5 Å². The van der Waals surface area contributed by atoms with Crippen LogP contribution in [-0.2, 0) is 19.0 Å². The van der Waals surface area contributed by atoms with Crippen LogP contribution in [0, 0.1) is 46.3 Å². The molecule has 3 fully saturated rings. The molecule has 3 saturated carbocycles. The number of rotatable bonds is 10. The summed E-state index contributed by atoms with van der Waals surface area (Å²) in [6.07, 6.45) is 10.6. The maximum absolute atomic E-state index is 13.0. The minimum Gasteiger partial charge on any atom is -0.461 e. The lowest BCUT2D eigenvalue weighted by Crippen LogP contribution is -2.57. The summed E-state index contributed by atoms with van der Waals surface area (Å²) >= 11 is 0. The van der Waals surface area contributed by atoms with E-state index in [2.05, 4.69) is 40.7 Å². The molecule has 6 rings (SSSR count). The molecule has 2 aromatic rings. The van der Waals surface area contributed by atoms with E-state index in [9.17, 15) is 14.4 Å². The monoisotopic (exact) mass is 668 g/mol. The van der Waals surface area contributed by atoms with Crippen molar-refractivity contribution in [1.82, 2.24) is 0 Å². The number of esters is 3. The number of carbonyl (C=O) groups is 3. The van der Waals surface area contributed by atoms with Gasteiger partial charge in [-0.1, -0.05) is 82.7 Å². The first-order chi connectivity index (χ1) is 23.4. The van der Waals surface area contributed by atoms with Gasteiger partial charge in [-0.3, -0.25) is 4.79 Å². The predicted molar refractivity (Wildman–Crippen MR) is 191 cm³/mol. The summed E-state index contributed by atoms with van der Waals surface area (Å²) in [6, 6.07) is 18.5. The van der Waals surface area contributed by atoms with E-state index in [4.69, 9.17) is 14.2 Å². The number of carbonyl (C=O) groups excluding carboxylic acids is 3. The molecule has 0 aliphatic heterocycles. The summed E-state index contributed by atoms with van der Waals surface area (Å²) in [5.74, 6) is 2.20. The van der Waals surface area contributed by atoms with Crippen molar-refractivity contribution in [3.05, 3.63) is 83.4 Å². The third kappa shape index (κ3) is 6.99. The van der Waals surface area contributed by atoms with Crippen LogP contribution in [0.2, 0.25) is 0 Å². The van der Waals surface area contributed by atoms with Crippen molar-refractivity contribution in [3.8, 4) is 0 Å². The van der Waals surface area contributed by atoms with E-state index < -0.39 is 0 Å². The number of ether oxygens (including phenoxy) is 3. The zero-order valence-electron chi connectivity index (χ0n) is 30.4. The molecule has 4 aliphatic carbocycles. The predicted octanol–water partition coefficient (Wildman–Crippen LogP) is 9.63. The molecule has 264 valence electrons. The van der Waals surface area contributed by atoms with Crippen molar-refractivity contribution in [3.63, 3.8) is 0 Å².